The quantitative estimate of drug-likeness (QED) is 0.171. The van der Waals surface area contributed by atoms with Gasteiger partial charge in [0.2, 0.25) is 0 Å². The first-order valence-corrected chi connectivity index (χ1v) is 14.1. The van der Waals surface area contributed by atoms with Crippen molar-refractivity contribution in [2.24, 2.45) is 5.92 Å². The monoisotopic (exact) mass is 544 g/mol. The summed E-state index contributed by atoms with van der Waals surface area (Å²) in [6.07, 6.45) is 13.9. The number of fused-ring (bicyclic) bond motifs is 2. The molecule has 0 amide bonds. The van der Waals surface area contributed by atoms with E-state index in [2.05, 4.69) is 44.7 Å². The summed E-state index contributed by atoms with van der Waals surface area (Å²) in [5.41, 5.74) is 9.44. The van der Waals surface area contributed by atoms with Crippen LogP contribution in [0.2, 0.25) is 0 Å². The second-order valence-electron chi connectivity index (χ2n) is 10.5. The lowest BCUT2D eigenvalue weighted by atomic mass is 9.87. The highest BCUT2D eigenvalue weighted by atomic mass is 19.1. The molecule has 1 aromatic carbocycles. The van der Waals surface area contributed by atoms with Crippen LogP contribution in [0.1, 0.15) is 44.7 Å². The molecule has 4 heterocycles. The second kappa shape index (κ2) is 11.4. The van der Waals surface area contributed by atoms with E-state index >= 15 is 0 Å². The van der Waals surface area contributed by atoms with Crippen molar-refractivity contribution >= 4 is 27.5 Å². The van der Waals surface area contributed by atoms with Gasteiger partial charge in [-0.2, -0.15) is 5.10 Å². The molecule has 1 saturated carbocycles. The van der Waals surface area contributed by atoms with Crippen molar-refractivity contribution in [2.45, 2.75) is 39.0 Å². The zero-order valence-electron chi connectivity index (χ0n) is 23.2. The van der Waals surface area contributed by atoms with Gasteiger partial charge in [0.25, 0.3) is 0 Å². The standard InChI is InChI=1S/C34H33FN6/c1-4-22(19-26(5-2)37-21(3)23-9-7-6-8-10-23)28-15-16-30-33(39-28)34(41-40-30)31-20-27-29(38-31)17-18-36-32(27)24-11-13-25(35)14-12-24/h4-5,11-20,23,37-38H,2-3,6-10H2,1H3,(H,40,41)/b22-4+,26-19+. The Kier molecular flexibility index (Phi) is 7.33. The van der Waals surface area contributed by atoms with E-state index in [-0.39, 0.29) is 5.82 Å². The van der Waals surface area contributed by atoms with Crippen LogP contribution in [0.3, 0.4) is 0 Å². The predicted octanol–water partition coefficient (Wildman–Crippen LogP) is 8.46. The average Bonchev–Trinajstić information content (AvgIpc) is 3.64. The summed E-state index contributed by atoms with van der Waals surface area (Å²) in [5, 5.41) is 12.2. The first-order chi connectivity index (χ1) is 20.0. The van der Waals surface area contributed by atoms with Gasteiger partial charge in [0.15, 0.2) is 0 Å². The maximum atomic E-state index is 13.5. The molecule has 4 aromatic heterocycles. The maximum absolute atomic E-state index is 13.5. The van der Waals surface area contributed by atoms with Crippen molar-refractivity contribution in [1.82, 2.24) is 30.5 Å². The molecule has 0 spiro atoms. The molecular weight excluding hydrogens is 511 g/mol. The van der Waals surface area contributed by atoms with Crippen molar-refractivity contribution < 1.29 is 4.39 Å². The maximum Gasteiger partial charge on any atom is 0.135 e. The minimum atomic E-state index is -0.277. The van der Waals surface area contributed by atoms with Gasteiger partial charge < -0.3 is 10.3 Å². The summed E-state index contributed by atoms with van der Waals surface area (Å²) >= 11 is 0. The van der Waals surface area contributed by atoms with Gasteiger partial charge in [-0.3, -0.25) is 10.1 Å². The summed E-state index contributed by atoms with van der Waals surface area (Å²) in [7, 11) is 0. The van der Waals surface area contributed by atoms with Gasteiger partial charge in [0.1, 0.15) is 17.0 Å². The van der Waals surface area contributed by atoms with E-state index in [4.69, 9.17) is 4.98 Å². The molecule has 0 aliphatic heterocycles. The fourth-order valence-electron chi connectivity index (χ4n) is 5.62. The fraction of sp³-hybridized carbons (Fsp3) is 0.206. The first kappa shape index (κ1) is 26.4. The van der Waals surface area contributed by atoms with E-state index in [1.165, 1.54) is 44.2 Å². The third kappa shape index (κ3) is 5.35. The molecule has 3 N–H and O–H groups in total. The molecule has 6 nitrogen and oxygen atoms in total. The Hall–Kier alpha value is -4.78. The van der Waals surface area contributed by atoms with Crippen LogP contribution >= 0.6 is 0 Å². The molecule has 6 rings (SSSR count). The summed E-state index contributed by atoms with van der Waals surface area (Å²) in [6, 6.07) is 14.3. The number of benzene rings is 1. The normalized spacial score (nSPS) is 15.0. The molecule has 0 unspecified atom stereocenters. The molecule has 7 heteroatoms. The number of H-pyrrole nitrogens is 2. The Morgan fingerprint density at radius 2 is 1.83 bits per heavy atom. The zero-order chi connectivity index (χ0) is 28.3. The van der Waals surface area contributed by atoms with Gasteiger partial charge in [-0.25, -0.2) is 9.37 Å². The summed E-state index contributed by atoms with van der Waals surface area (Å²) in [6.45, 7) is 10.4. The van der Waals surface area contributed by atoms with Crippen molar-refractivity contribution in [3.05, 3.63) is 109 Å². The van der Waals surface area contributed by atoms with E-state index in [0.29, 0.717) is 5.92 Å². The van der Waals surface area contributed by atoms with Gasteiger partial charge in [0, 0.05) is 34.1 Å². The Morgan fingerprint density at radius 3 is 2.59 bits per heavy atom. The number of aromatic nitrogens is 5. The molecule has 0 radical (unpaired) electrons. The molecule has 41 heavy (non-hydrogen) atoms. The molecule has 1 aliphatic carbocycles. The van der Waals surface area contributed by atoms with Crippen LogP contribution in [-0.2, 0) is 0 Å². The highest BCUT2D eigenvalue weighted by Crippen LogP contribution is 2.33. The largest absolute Gasteiger partial charge is 0.359 e. The van der Waals surface area contributed by atoms with Gasteiger partial charge in [-0.1, -0.05) is 38.5 Å². The van der Waals surface area contributed by atoms with Crippen molar-refractivity contribution in [3.63, 3.8) is 0 Å². The van der Waals surface area contributed by atoms with Gasteiger partial charge >= 0.3 is 0 Å². The number of nitrogens with zero attached hydrogens (tertiary/aromatic N) is 3. The fourth-order valence-corrected chi connectivity index (χ4v) is 5.62. The van der Waals surface area contributed by atoms with Gasteiger partial charge in [0.05, 0.1) is 22.6 Å². The van der Waals surface area contributed by atoms with E-state index in [9.17, 15) is 4.39 Å². The Balaban J connectivity index is 1.33. The third-order valence-corrected chi connectivity index (χ3v) is 7.87. The number of nitrogens with one attached hydrogen (secondary N) is 3. The SMILES string of the molecule is C=C/C(=C\C(=C/C)c1ccc2[nH]nc(-c3cc4c(-c5ccc(F)cc5)nccc4[nH]3)c2n1)NC(=C)C1CCCCC1. The number of allylic oxidation sites excluding steroid dienone is 5. The number of hydrogen-bond acceptors (Lipinski definition) is 4. The molecule has 1 aliphatic rings. The third-order valence-electron chi connectivity index (χ3n) is 7.87. The van der Waals surface area contributed by atoms with Crippen molar-refractivity contribution in [2.75, 3.05) is 0 Å². The Bertz CT molecular complexity index is 1800. The topological polar surface area (TPSA) is 82.3 Å². The van der Waals surface area contributed by atoms with E-state index in [1.807, 2.05) is 43.3 Å². The van der Waals surface area contributed by atoms with Crippen LogP contribution in [0, 0.1) is 11.7 Å². The average molecular weight is 545 g/mol. The van der Waals surface area contributed by atoms with Crippen molar-refractivity contribution in [1.29, 1.82) is 0 Å². The predicted molar refractivity (Wildman–Crippen MR) is 165 cm³/mol. The van der Waals surface area contributed by atoms with E-state index in [1.54, 1.807) is 18.3 Å². The highest BCUT2D eigenvalue weighted by Gasteiger charge is 2.18. The Morgan fingerprint density at radius 1 is 1.02 bits per heavy atom. The molecule has 5 aromatic rings. The van der Waals surface area contributed by atoms with Crippen LogP contribution in [0.5, 0.6) is 0 Å². The van der Waals surface area contributed by atoms with Crippen molar-refractivity contribution in [3.8, 4) is 22.6 Å². The van der Waals surface area contributed by atoms with Gasteiger partial charge in [-0.15, -0.1) is 0 Å². The minimum absolute atomic E-state index is 0.277. The minimum Gasteiger partial charge on any atom is -0.359 e. The smallest absolute Gasteiger partial charge is 0.135 e. The molecule has 0 atom stereocenters. The Labute approximate surface area is 238 Å². The van der Waals surface area contributed by atoms with Crippen LogP contribution in [0.15, 0.2) is 97.5 Å². The number of aromatic amines is 2. The molecule has 0 bridgehead atoms. The first-order valence-electron chi connectivity index (χ1n) is 14.1. The summed E-state index contributed by atoms with van der Waals surface area (Å²) < 4.78 is 13.5. The second-order valence-corrected chi connectivity index (χ2v) is 10.5. The van der Waals surface area contributed by atoms with Crippen LogP contribution in [-0.4, -0.2) is 25.1 Å². The molecule has 0 saturated heterocycles. The lowest BCUT2D eigenvalue weighted by Crippen LogP contribution is -2.20. The summed E-state index contributed by atoms with van der Waals surface area (Å²) in [5.74, 6) is 0.222. The number of pyridine rings is 2. The number of halogens is 1. The lowest BCUT2D eigenvalue weighted by molar-refractivity contribution is 0.393. The number of hydrogen-bond donors (Lipinski definition) is 3. The lowest BCUT2D eigenvalue weighted by Gasteiger charge is -2.25. The molecule has 1 fully saturated rings. The van der Waals surface area contributed by atoms with Crippen LogP contribution in [0.4, 0.5) is 4.39 Å². The van der Waals surface area contributed by atoms with E-state index < -0.39 is 0 Å². The van der Waals surface area contributed by atoms with E-state index in [0.717, 1.165) is 67.2 Å². The molecular formula is C34H33FN6. The summed E-state index contributed by atoms with van der Waals surface area (Å²) in [4.78, 5) is 13.1. The number of rotatable bonds is 8. The molecule has 206 valence electrons. The van der Waals surface area contributed by atoms with Crippen LogP contribution < -0.4 is 5.32 Å². The van der Waals surface area contributed by atoms with Crippen LogP contribution in [0.25, 0.3) is 50.2 Å². The zero-order valence-corrected chi connectivity index (χ0v) is 23.2. The highest BCUT2D eigenvalue weighted by molar-refractivity contribution is 5.99. The van der Waals surface area contributed by atoms with Gasteiger partial charge in [-0.05, 0) is 91.9 Å².